The Bertz CT molecular complexity index is 605. The maximum atomic E-state index is 12.5. The van der Waals surface area contributed by atoms with E-state index in [2.05, 4.69) is 12.6 Å². The molecule has 0 aliphatic rings. The largest absolute Gasteiger partial charge is 0.311 e. The summed E-state index contributed by atoms with van der Waals surface area (Å²) in [5.41, 5.74) is 3.72. The van der Waals surface area contributed by atoms with E-state index in [1.807, 2.05) is 56.3 Å². The van der Waals surface area contributed by atoms with E-state index in [4.69, 9.17) is 0 Å². The van der Waals surface area contributed by atoms with Crippen molar-refractivity contribution in [3.8, 4) is 0 Å². The lowest BCUT2D eigenvalue weighted by molar-refractivity contribution is 0.0992. The minimum atomic E-state index is -0.0164. The van der Waals surface area contributed by atoms with Crippen molar-refractivity contribution in [1.82, 2.24) is 0 Å². The molecule has 0 fully saturated rings. The zero-order chi connectivity index (χ0) is 14.0. The highest BCUT2D eigenvalue weighted by molar-refractivity contribution is 7.80. The number of hydrogen-bond acceptors (Lipinski definition) is 2. The third-order valence-corrected chi connectivity index (χ3v) is 3.46. The highest BCUT2D eigenvalue weighted by atomic mass is 32.1. The molecule has 0 spiro atoms. The summed E-state index contributed by atoms with van der Waals surface area (Å²) in [4.78, 5) is 15.0. The molecular weight excluding hydrogens is 254 g/mol. The van der Waals surface area contributed by atoms with Crippen LogP contribution in [0.15, 0.2) is 47.4 Å². The van der Waals surface area contributed by atoms with E-state index in [-0.39, 0.29) is 5.91 Å². The fraction of sp³-hybridized carbons (Fsp3) is 0.188. The number of benzene rings is 2. The first-order valence-corrected chi connectivity index (χ1v) is 6.58. The Kier molecular flexibility index (Phi) is 3.96. The molecule has 0 aliphatic heterocycles. The molecule has 0 heterocycles. The summed E-state index contributed by atoms with van der Waals surface area (Å²) in [5.74, 6) is -0.0164. The summed E-state index contributed by atoms with van der Waals surface area (Å²) in [6, 6.07) is 13.5. The van der Waals surface area contributed by atoms with Crippen molar-refractivity contribution in [2.24, 2.45) is 0 Å². The summed E-state index contributed by atoms with van der Waals surface area (Å²) in [7, 11) is 1.79. The van der Waals surface area contributed by atoms with Gasteiger partial charge in [0, 0.05) is 23.2 Å². The Morgan fingerprint density at radius 2 is 1.68 bits per heavy atom. The lowest BCUT2D eigenvalue weighted by Gasteiger charge is -2.19. The highest BCUT2D eigenvalue weighted by Crippen LogP contribution is 2.20. The summed E-state index contributed by atoms with van der Waals surface area (Å²) >= 11 is 4.29. The molecule has 1 amide bonds. The smallest absolute Gasteiger partial charge is 0.258 e. The van der Waals surface area contributed by atoms with Gasteiger partial charge in [0.1, 0.15) is 0 Å². The third kappa shape index (κ3) is 2.99. The fourth-order valence-corrected chi connectivity index (χ4v) is 2.11. The van der Waals surface area contributed by atoms with E-state index in [9.17, 15) is 4.79 Å². The van der Waals surface area contributed by atoms with E-state index in [0.717, 1.165) is 16.1 Å². The number of amides is 1. The standard InChI is InChI=1S/C16H17NOS/c1-11-4-7-13(8-5-11)17(3)16(18)15-10-14(19)9-6-12(15)2/h4-10,19H,1-3H3. The van der Waals surface area contributed by atoms with Gasteiger partial charge in [-0.15, -0.1) is 12.6 Å². The van der Waals surface area contributed by atoms with Crippen LogP contribution in [0.5, 0.6) is 0 Å². The van der Waals surface area contributed by atoms with Crippen LogP contribution >= 0.6 is 12.6 Å². The molecule has 0 radical (unpaired) electrons. The van der Waals surface area contributed by atoms with Crippen molar-refractivity contribution in [3.05, 3.63) is 59.2 Å². The SMILES string of the molecule is Cc1ccc(N(C)C(=O)c2cc(S)ccc2C)cc1. The van der Waals surface area contributed by atoms with Gasteiger partial charge in [-0.1, -0.05) is 23.8 Å². The van der Waals surface area contributed by atoms with Gasteiger partial charge in [0.2, 0.25) is 0 Å². The molecule has 98 valence electrons. The Labute approximate surface area is 119 Å². The lowest BCUT2D eigenvalue weighted by atomic mass is 10.1. The van der Waals surface area contributed by atoms with Gasteiger partial charge in [-0.3, -0.25) is 4.79 Å². The molecule has 0 bridgehead atoms. The minimum absolute atomic E-state index is 0.0164. The summed E-state index contributed by atoms with van der Waals surface area (Å²) in [5, 5.41) is 0. The van der Waals surface area contributed by atoms with Crippen molar-refractivity contribution in [2.45, 2.75) is 18.7 Å². The van der Waals surface area contributed by atoms with Crippen LogP contribution in [0, 0.1) is 13.8 Å². The van der Waals surface area contributed by atoms with Crippen molar-refractivity contribution in [3.63, 3.8) is 0 Å². The second-order valence-corrected chi connectivity index (χ2v) is 5.22. The van der Waals surface area contributed by atoms with Crippen LogP contribution < -0.4 is 4.90 Å². The van der Waals surface area contributed by atoms with Crippen LogP contribution in [-0.2, 0) is 0 Å². The van der Waals surface area contributed by atoms with Crippen LogP contribution in [0.3, 0.4) is 0 Å². The first kappa shape index (κ1) is 13.7. The quantitative estimate of drug-likeness (QED) is 0.822. The topological polar surface area (TPSA) is 20.3 Å². The molecule has 3 heteroatoms. The number of hydrogen-bond donors (Lipinski definition) is 1. The lowest BCUT2D eigenvalue weighted by Crippen LogP contribution is -2.26. The van der Waals surface area contributed by atoms with Gasteiger partial charge in [-0.25, -0.2) is 0 Å². The molecule has 2 aromatic rings. The Hall–Kier alpha value is -1.74. The number of rotatable bonds is 2. The van der Waals surface area contributed by atoms with Crippen molar-refractivity contribution in [2.75, 3.05) is 11.9 Å². The summed E-state index contributed by atoms with van der Waals surface area (Å²) in [6.45, 7) is 3.96. The molecule has 0 unspecified atom stereocenters. The number of carbonyl (C=O) groups is 1. The van der Waals surface area contributed by atoms with Crippen LogP contribution in [0.1, 0.15) is 21.5 Å². The average molecular weight is 271 g/mol. The Balaban J connectivity index is 2.33. The fourth-order valence-electron chi connectivity index (χ4n) is 1.91. The summed E-state index contributed by atoms with van der Waals surface area (Å²) < 4.78 is 0. The molecule has 2 aromatic carbocycles. The number of nitrogens with zero attached hydrogens (tertiary/aromatic N) is 1. The van der Waals surface area contributed by atoms with Gasteiger partial charge in [-0.05, 0) is 43.7 Å². The molecular formula is C16H17NOS. The van der Waals surface area contributed by atoms with E-state index in [1.165, 1.54) is 5.56 Å². The van der Waals surface area contributed by atoms with Crippen molar-refractivity contribution >= 4 is 24.2 Å². The van der Waals surface area contributed by atoms with E-state index >= 15 is 0 Å². The molecule has 0 saturated heterocycles. The van der Waals surface area contributed by atoms with Crippen molar-refractivity contribution in [1.29, 1.82) is 0 Å². The van der Waals surface area contributed by atoms with Gasteiger partial charge in [0.05, 0.1) is 0 Å². The number of aryl methyl sites for hydroxylation is 2. The van der Waals surface area contributed by atoms with Crippen LogP contribution in [0.2, 0.25) is 0 Å². The van der Waals surface area contributed by atoms with E-state index in [1.54, 1.807) is 11.9 Å². The Morgan fingerprint density at radius 1 is 1.05 bits per heavy atom. The van der Waals surface area contributed by atoms with Gasteiger partial charge in [0.25, 0.3) is 5.91 Å². The number of thiol groups is 1. The minimum Gasteiger partial charge on any atom is -0.311 e. The summed E-state index contributed by atoms with van der Waals surface area (Å²) in [6.07, 6.45) is 0. The second kappa shape index (κ2) is 5.49. The maximum absolute atomic E-state index is 12.5. The molecule has 0 atom stereocenters. The molecule has 0 saturated carbocycles. The Morgan fingerprint density at radius 3 is 2.32 bits per heavy atom. The van der Waals surface area contributed by atoms with Gasteiger partial charge < -0.3 is 4.90 Å². The van der Waals surface area contributed by atoms with Crippen molar-refractivity contribution < 1.29 is 4.79 Å². The first-order chi connectivity index (χ1) is 8.99. The van der Waals surface area contributed by atoms with Gasteiger partial charge in [-0.2, -0.15) is 0 Å². The monoisotopic (exact) mass is 271 g/mol. The highest BCUT2D eigenvalue weighted by Gasteiger charge is 2.15. The maximum Gasteiger partial charge on any atom is 0.258 e. The normalized spacial score (nSPS) is 10.3. The molecule has 0 aromatic heterocycles. The average Bonchev–Trinajstić information content (AvgIpc) is 2.41. The number of carbonyl (C=O) groups excluding carboxylic acids is 1. The molecule has 0 aliphatic carbocycles. The van der Waals surface area contributed by atoms with Gasteiger partial charge in [0.15, 0.2) is 0 Å². The molecule has 2 rings (SSSR count). The van der Waals surface area contributed by atoms with Crippen LogP contribution in [0.25, 0.3) is 0 Å². The van der Waals surface area contributed by atoms with E-state index < -0.39 is 0 Å². The van der Waals surface area contributed by atoms with Gasteiger partial charge >= 0.3 is 0 Å². The predicted octanol–water partition coefficient (Wildman–Crippen LogP) is 3.87. The molecule has 2 nitrogen and oxygen atoms in total. The predicted molar refractivity (Wildman–Crippen MR) is 82.3 cm³/mol. The molecule has 19 heavy (non-hydrogen) atoms. The van der Waals surface area contributed by atoms with Crippen LogP contribution in [0.4, 0.5) is 5.69 Å². The third-order valence-electron chi connectivity index (χ3n) is 3.18. The van der Waals surface area contributed by atoms with E-state index in [0.29, 0.717) is 5.56 Å². The number of anilines is 1. The second-order valence-electron chi connectivity index (χ2n) is 4.70. The zero-order valence-electron chi connectivity index (χ0n) is 11.3. The van der Waals surface area contributed by atoms with Crippen LogP contribution in [-0.4, -0.2) is 13.0 Å². The molecule has 0 N–H and O–H groups in total. The zero-order valence-corrected chi connectivity index (χ0v) is 12.2. The first-order valence-electron chi connectivity index (χ1n) is 6.13.